The molecule has 2 amide bonds. The highest BCUT2D eigenvalue weighted by molar-refractivity contribution is 6.03. The number of carbonyl (C=O) groups excluding carboxylic acids is 2. The Morgan fingerprint density at radius 2 is 1.72 bits per heavy atom. The largest absolute Gasteiger partial charge is 0.352 e. The van der Waals surface area contributed by atoms with E-state index in [9.17, 15) is 18.4 Å². The summed E-state index contributed by atoms with van der Waals surface area (Å²) in [7, 11) is 0. The molecule has 0 unspecified atom stereocenters. The quantitative estimate of drug-likeness (QED) is 0.668. The Kier molecular flexibility index (Phi) is 6.02. The number of anilines is 2. The van der Waals surface area contributed by atoms with Crippen LogP contribution in [-0.4, -0.2) is 57.8 Å². The zero-order chi connectivity index (χ0) is 22.7. The number of nitrogens with one attached hydrogen (secondary N) is 1. The van der Waals surface area contributed by atoms with Gasteiger partial charge in [-0.2, -0.15) is 0 Å². The predicted molar refractivity (Wildman–Crippen MR) is 118 cm³/mol. The van der Waals surface area contributed by atoms with E-state index in [4.69, 9.17) is 0 Å². The van der Waals surface area contributed by atoms with Gasteiger partial charge in [0.15, 0.2) is 5.69 Å². The van der Waals surface area contributed by atoms with Gasteiger partial charge >= 0.3 is 0 Å². The van der Waals surface area contributed by atoms with E-state index in [1.54, 1.807) is 37.5 Å². The molecule has 1 saturated heterocycles. The molecule has 4 rings (SSSR count). The molecule has 0 radical (unpaired) electrons. The first-order valence-electron chi connectivity index (χ1n) is 9.98. The molecule has 0 spiro atoms. The maximum absolute atomic E-state index is 14.0. The van der Waals surface area contributed by atoms with E-state index in [1.165, 1.54) is 11.0 Å². The molecule has 0 aliphatic carbocycles. The Labute approximate surface area is 185 Å². The number of benzene rings is 1. The summed E-state index contributed by atoms with van der Waals surface area (Å²) in [6.07, 6.45) is 3.12. The van der Waals surface area contributed by atoms with Crippen LogP contribution >= 0.6 is 0 Å². The first-order valence-corrected chi connectivity index (χ1v) is 9.98. The van der Waals surface area contributed by atoms with Crippen molar-refractivity contribution >= 4 is 23.5 Å². The highest BCUT2D eigenvalue weighted by Gasteiger charge is 2.27. The van der Waals surface area contributed by atoms with Gasteiger partial charge in [-0.05, 0) is 31.2 Å². The van der Waals surface area contributed by atoms with Crippen LogP contribution in [0.5, 0.6) is 0 Å². The average molecular weight is 442 g/mol. The van der Waals surface area contributed by atoms with Crippen molar-refractivity contribution in [3.63, 3.8) is 0 Å². The number of hydrogen-bond donors (Lipinski definition) is 1. The summed E-state index contributed by atoms with van der Waals surface area (Å²) in [5.74, 6) is -2.01. The number of carbonyl (C=O) groups is 2. The van der Waals surface area contributed by atoms with Crippen molar-refractivity contribution in [1.29, 1.82) is 0 Å². The Hall–Kier alpha value is -3.95. The van der Waals surface area contributed by atoms with Gasteiger partial charge in [-0.3, -0.25) is 14.6 Å². The van der Waals surface area contributed by atoms with Crippen molar-refractivity contribution in [3.8, 4) is 0 Å². The van der Waals surface area contributed by atoms with Crippen molar-refractivity contribution in [3.05, 3.63) is 77.4 Å². The first-order chi connectivity index (χ1) is 15.4. The fraction of sp³-hybridized carbons (Fsp3) is 0.227. The van der Waals surface area contributed by atoms with Gasteiger partial charge in [0.1, 0.15) is 28.8 Å². The highest BCUT2D eigenvalue weighted by atomic mass is 19.1. The SMILES string of the molecule is Cc1ncc(N2CCN(C(=O)c3c(F)cccc3F)CC2)nc1C(=O)Nc1ccccn1.[HH].[HH]. The molecule has 32 heavy (non-hydrogen) atoms. The van der Waals surface area contributed by atoms with Crippen LogP contribution < -0.4 is 10.2 Å². The lowest BCUT2D eigenvalue weighted by Gasteiger charge is -2.35. The summed E-state index contributed by atoms with van der Waals surface area (Å²) in [6, 6.07) is 8.51. The monoisotopic (exact) mass is 442 g/mol. The molecule has 10 heteroatoms. The molecule has 2 aromatic heterocycles. The lowest BCUT2D eigenvalue weighted by molar-refractivity contribution is 0.0736. The molecule has 0 saturated carbocycles. The van der Waals surface area contributed by atoms with E-state index in [1.807, 2.05) is 4.90 Å². The molecule has 1 aromatic carbocycles. The summed E-state index contributed by atoms with van der Waals surface area (Å²) < 4.78 is 27.9. The van der Waals surface area contributed by atoms with Crippen LogP contribution in [0, 0.1) is 18.6 Å². The number of nitrogens with zero attached hydrogens (tertiary/aromatic N) is 5. The van der Waals surface area contributed by atoms with E-state index in [2.05, 4.69) is 20.3 Å². The standard InChI is InChI=1S/C22H20F2N6O2.2H2/c1-14-20(21(31)27-17-7-2-3-8-25-17)28-18(13-26-14)29-9-11-30(12-10-29)22(32)19-15(23)5-4-6-16(19)24;;/h2-8,13H,9-12H2,1H3,(H,25,27,31);2*1H. The number of pyridine rings is 1. The minimum atomic E-state index is -0.884. The highest BCUT2D eigenvalue weighted by Crippen LogP contribution is 2.19. The second kappa shape index (κ2) is 9.04. The normalized spacial score (nSPS) is 13.7. The van der Waals surface area contributed by atoms with Gasteiger partial charge < -0.3 is 15.1 Å². The number of piperazine rings is 1. The van der Waals surface area contributed by atoms with Crippen LogP contribution in [0.2, 0.25) is 0 Å². The van der Waals surface area contributed by atoms with Gasteiger partial charge in [0.05, 0.1) is 11.9 Å². The zero-order valence-electron chi connectivity index (χ0n) is 17.3. The number of amides is 2. The molecule has 168 valence electrons. The molecule has 8 nitrogen and oxygen atoms in total. The van der Waals surface area contributed by atoms with Gasteiger partial charge in [-0.25, -0.2) is 18.7 Å². The Balaban J connectivity index is 0.00000204. The minimum Gasteiger partial charge on any atom is -0.352 e. The van der Waals surface area contributed by atoms with E-state index in [0.29, 0.717) is 30.4 Å². The molecule has 1 fully saturated rings. The number of rotatable bonds is 4. The molecule has 1 aliphatic rings. The van der Waals surface area contributed by atoms with Crippen LogP contribution in [0.25, 0.3) is 0 Å². The van der Waals surface area contributed by atoms with Gasteiger partial charge in [-0.15, -0.1) is 0 Å². The van der Waals surface area contributed by atoms with Crippen molar-refractivity contribution in [2.45, 2.75) is 6.92 Å². The first kappa shape index (κ1) is 21.3. The molecular formula is C22H24F2N6O2. The smallest absolute Gasteiger partial charge is 0.277 e. The van der Waals surface area contributed by atoms with Crippen LogP contribution in [0.3, 0.4) is 0 Å². The van der Waals surface area contributed by atoms with Crippen molar-refractivity contribution < 1.29 is 21.2 Å². The number of aromatic nitrogens is 3. The average Bonchev–Trinajstić information content (AvgIpc) is 2.80. The molecule has 1 aliphatic heterocycles. The summed E-state index contributed by atoms with van der Waals surface area (Å²) in [5.41, 5.74) is 0.0793. The summed E-state index contributed by atoms with van der Waals surface area (Å²) in [4.78, 5) is 41.3. The number of aryl methyl sites for hydroxylation is 1. The predicted octanol–water partition coefficient (Wildman–Crippen LogP) is 3.16. The van der Waals surface area contributed by atoms with Crippen LogP contribution in [0.15, 0.2) is 48.8 Å². The van der Waals surface area contributed by atoms with Gasteiger partial charge in [-0.1, -0.05) is 12.1 Å². The molecule has 3 heterocycles. The van der Waals surface area contributed by atoms with Crippen molar-refractivity contribution in [1.82, 2.24) is 19.9 Å². The minimum absolute atomic E-state index is 0. The molecule has 1 N–H and O–H groups in total. The molecule has 0 atom stereocenters. The topological polar surface area (TPSA) is 91.3 Å². The van der Waals surface area contributed by atoms with E-state index in [-0.39, 0.29) is 21.6 Å². The van der Waals surface area contributed by atoms with Gasteiger partial charge in [0.2, 0.25) is 0 Å². The maximum Gasteiger partial charge on any atom is 0.277 e. The number of hydrogen-bond acceptors (Lipinski definition) is 6. The summed E-state index contributed by atoms with van der Waals surface area (Å²) in [5, 5.41) is 2.68. The van der Waals surface area contributed by atoms with Gasteiger partial charge in [0, 0.05) is 35.2 Å². The Morgan fingerprint density at radius 3 is 2.38 bits per heavy atom. The van der Waals surface area contributed by atoms with Crippen LogP contribution in [0.4, 0.5) is 20.4 Å². The lowest BCUT2D eigenvalue weighted by atomic mass is 10.1. The third-order valence-electron chi connectivity index (χ3n) is 5.13. The number of halogens is 2. The van der Waals surface area contributed by atoms with E-state index < -0.39 is 29.0 Å². The second-order valence-corrected chi connectivity index (χ2v) is 7.21. The van der Waals surface area contributed by atoms with Crippen LogP contribution in [-0.2, 0) is 0 Å². The fourth-order valence-electron chi connectivity index (χ4n) is 3.42. The van der Waals surface area contributed by atoms with Crippen molar-refractivity contribution in [2.24, 2.45) is 0 Å². The van der Waals surface area contributed by atoms with Crippen molar-refractivity contribution in [2.75, 3.05) is 36.4 Å². The zero-order valence-corrected chi connectivity index (χ0v) is 17.3. The molecular weight excluding hydrogens is 418 g/mol. The van der Waals surface area contributed by atoms with Gasteiger partial charge in [0.25, 0.3) is 11.8 Å². The molecule has 3 aromatic rings. The summed E-state index contributed by atoms with van der Waals surface area (Å²) in [6.45, 7) is 2.93. The molecule has 0 bridgehead atoms. The summed E-state index contributed by atoms with van der Waals surface area (Å²) >= 11 is 0. The Morgan fingerprint density at radius 1 is 1.00 bits per heavy atom. The third kappa shape index (κ3) is 4.39. The van der Waals surface area contributed by atoms with E-state index >= 15 is 0 Å². The fourth-order valence-corrected chi connectivity index (χ4v) is 3.42. The Bertz CT molecular complexity index is 1140. The third-order valence-corrected chi connectivity index (χ3v) is 5.13. The second-order valence-electron chi connectivity index (χ2n) is 7.21. The van der Waals surface area contributed by atoms with Crippen LogP contribution in [0.1, 0.15) is 29.4 Å². The lowest BCUT2D eigenvalue weighted by Crippen LogP contribution is -2.49. The van der Waals surface area contributed by atoms with E-state index in [0.717, 1.165) is 12.1 Å². The maximum atomic E-state index is 14.0.